The molecular formula is C9H18NO3P. The normalized spacial score (nSPS) is 16.4. The minimum Gasteiger partial charge on any atom is -0.323 e. The van der Waals surface area contributed by atoms with Gasteiger partial charge < -0.3 is 9.79 Å². The Morgan fingerprint density at radius 1 is 1.36 bits per heavy atom. The molecule has 0 aliphatic carbocycles. The van der Waals surface area contributed by atoms with E-state index >= 15 is 0 Å². The fourth-order valence-corrected chi connectivity index (χ4v) is 3.32. The van der Waals surface area contributed by atoms with Crippen LogP contribution in [-0.2, 0) is 4.57 Å². The zero-order valence-electron chi connectivity index (χ0n) is 8.90. The van der Waals surface area contributed by atoms with Crippen LogP contribution in [0.3, 0.4) is 0 Å². The summed E-state index contributed by atoms with van der Waals surface area (Å²) in [5.74, 6) is -0.238. The van der Waals surface area contributed by atoms with Gasteiger partial charge in [0.15, 0.2) is 5.16 Å². The maximum atomic E-state index is 11.3. The first kappa shape index (κ1) is 13.6. The van der Waals surface area contributed by atoms with Gasteiger partial charge in [0, 0.05) is 0 Å². The standard InChI is InChI=1S/C9H18NO3P/c1-4-8(5-2)9(6-3,7-10)14(11,12)13/h8H,4-6H2,1-3H3,(H2,11,12,13). The Labute approximate surface area is 85.1 Å². The fourth-order valence-electron chi connectivity index (χ4n) is 1.93. The van der Waals surface area contributed by atoms with Gasteiger partial charge in [0.05, 0.1) is 6.07 Å². The summed E-state index contributed by atoms with van der Waals surface area (Å²) in [6.07, 6.45) is 1.42. The first-order chi connectivity index (χ1) is 6.39. The Balaban J connectivity index is 5.30. The van der Waals surface area contributed by atoms with E-state index in [-0.39, 0.29) is 12.3 Å². The molecule has 0 saturated heterocycles. The van der Waals surface area contributed by atoms with E-state index in [1.54, 1.807) is 6.92 Å². The van der Waals surface area contributed by atoms with Crippen LogP contribution in [0.1, 0.15) is 40.0 Å². The predicted molar refractivity (Wildman–Crippen MR) is 54.8 cm³/mol. The Bertz CT molecular complexity index is 264. The first-order valence-corrected chi connectivity index (χ1v) is 6.47. The molecule has 0 saturated carbocycles. The van der Waals surface area contributed by atoms with Gasteiger partial charge in [-0.15, -0.1) is 0 Å². The summed E-state index contributed by atoms with van der Waals surface area (Å²) in [7, 11) is -4.36. The maximum Gasteiger partial charge on any atom is 0.345 e. The number of nitrogens with zero attached hydrogens (tertiary/aromatic N) is 1. The van der Waals surface area contributed by atoms with Gasteiger partial charge in [-0.1, -0.05) is 33.6 Å². The summed E-state index contributed by atoms with van der Waals surface area (Å²) in [5.41, 5.74) is 0. The lowest BCUT2D eigenvalue weighted by Gasteiger charge is -2.33. The third-order valence-electron chi connectivity index (χ3n) is 2.91. The summed E-state index contributed by atoms with van der Waals surface area (Å²) in [5, 5.41) is 7.51. The molecule has 0 aromatic heterocycles. The lowest BCUT2D eigenvalue weighted by Crippen LogP contribution is -2.35. The van der Waals surface area contributed by atoms with E-state index in [0.717, 1.165) is 0 Å². The summed E-state index contributed by atoms with van der Waals surface area (Å²) in [6, 6.07) is 1.84. The maximum absolute atomic E-state index is 11.3. The highest BCUT2D eigenvalue weighted by atomic mass is 31.2. The number of hydrogen-bond donors (Lipinski definition) is 2. The molecule has 0 radical (unpaired) electrons. The summed E-state index contributed by atoms with van der Waals surface area (Å²) < 4.78 is 11.3. The molecule has 0 spiro atoms. The van der Waals surface area contributed by atoms with Gasteiger partial charge in [0.25, 0.3) is 0 Å². The van der Waals surface area contributed by atoms with Gasteiger partial charge in [0.1, 0.15) is 0 Å². The molecule has 0 aromatic carbocycles. The second kappa shape index (κ2) is 4.93. The second-order valence-corrected chi connectivity index (χ2v) is 5.33. The molecule has 0 bridgehead atoms. The van der Waals surface area contributed by atoms with Gasteiger partial charge in [-0.25, -0.2) is 0 Å². The van der Waals surface area contributed by atoms with Crippen LogP contribution in [0.15, 0.2) is 0 Å². The minimum atomic E-state index is -4.36. The van der Waals surface area contributed by atoms with Gasteiger partial charge in [0.2, 0.25) is 0 Å². The topological polar surface area (TPSA) is 81.3 Å². The van der Waals surface area contributed by atoms with Crippen LogP contribution >= 0.6 is 7.60 Å². The molecule has 14 heavy (non-hydrogen) atoms. The van der Waals surface area contributed by atoms with Crippen LogP contribution in [0.2, 0.25) is 0 Å². The Kier molecular flexibility index (Phi) is 4.80. The SMILES string of the molecule is CCC(CC)C(C#N)(CC)P(=O)(O)O. The molecule has 0 aliphatic rings. The van der Waals surface area contributed by atoms with Crippen molar-refractivity contribution in [2.75, 3.05) is 0 Å². The van der Waals surface area contributed by atoms with Crippen molar-refractivity contribution in [2.45, 2.75) is 45.2 Å². The Hall–Kier alpha value is -0.360. The molecule has 1 atom stereocenters. The molecule has 4 nitrogen and oxygen atoms in total. The lowest BCUT2D eigenvalue weighted by molar-refractivity contribution is 0.287. The Morgan fingerprint density at radius 3 is 1.86 bits per heavy atom. The summed E-state index contributed by atoms with van der Waals surface area (Å²) in [4.78, 5) is 18.5. The summed E-state index contributed by atoms with van der Waals surface area (Å²) >= 11 is 0. The molecule has 0 heterocycles. The number of rotatable bonds is 5. The molecule has 2 N–H and O–H groups in total. The fraction of sp³-hybridized carbons (Fsp3) is 0.889. The highest BCUT2D eigenvalue weighted by Gasteiger charge is 2.50. The minimum absolute atomic E-state index is 0.195. The van der Waals surface area contributed by atoms with E-state index in [4.69, 9.17) is 5.26 Å². The van der Waals surface area contributed by atoms with Gasteiger partial charge >= 0.3 is 7.60 Å². The second-order valence-electron chi connectivity index (χ2n) is 3.45. The third-order valence-corrected chi connectivity index (χ3v) is 4.73. The van der Waals surface area contributed by atoms with Crippen LogP contribution in [0.4, 0.5) is 0 Å². The van der Waals surface area contributed by atoms with Gasteiger partial charge in [-0.3, -0.25) is 4.57 Å². The van der Waals surface area contributed by atoms with Crippen LogP contribution in [0.25, 0.3) is 0 Å². The van der Waals surface area contributed by atoms with Crippen molar-refractivity contribution in [3.05, 3.63) is 0 Å². The van der Waals surface area contributed by atoms with Gasteiger partial charge in [-0.2, -0.15) is 5.26 Å². The molecule has 0 aromatic rings. The lowest BCUT2D eigenvalue weighted by atomic mass is 9.86. The highest BCUT2D eigenvalue weighted by molar-refractivity contribution is 7.54. The molecule has 0 amide bonds. The average Bonchev–Trinajstić information content (AvgIpc) is 2.12. The number of hydrogen-bond acceptors (Lipinski definition) is 2. The van der Waals surface area contributed by atoms with E-state index < -0.39 is 12.8 Å². The van der Waals surface area contributed by atoms with E-state index in [0.29, 0.717) is 12.8 Å². The highest BCUT2D eigenvalue weighted by Crippen LogP contribution is 2.57. The zero-order chi connectivity index (χ0) is 11.4. The van der Waals surface area contributed by atoms with Crippen molar-refractivity contribution in [1.82, 2.24) is 0 Å². The number of nitriles is 1. The molecule has 0 rings (SSSR count). The van der Waals surface area contributed by atoms with E-state index in [9.17, 15) is 14.4 Å². The van der Waals surface area contributed by atoms with Crippen molar-refractivity contribution < 1.29 is 14.4 Å². The van der Waals surface area contributed by atoms with E-state index in [2.05, 4.69) is 0 Å². The monoisotopic (exact) mass is 219 g/mol. The molecule has 0 fully saturated rings. The van der Waals surface area contributed by atoms with Crippen LogP contribution < -0.4 is 0 Å². The molecule has 82 valence electrons. The average molecular weight is 219 g/mol. The van der Waals surface area contributed by atoms with Crippen LogP contribution in [-0.4, -0.2) is 14.9 Å². The zero-order valence-corrected chi connectivity index (χ0v) is 9.79. The predicted octanol–water partition coefficient (Wildman–Crippen LogP) is 2.27. The van der Waals surface area contributed by atoms with Crippen molar-refractivity contribution in [2.24, 2.45) is 5.92 Å². The van der Waals surface area contributed by atoms with Crippen LogP contribution in [0.5, 0.6) is 0 Å². The van der Waals surface area contributed by atoms with E-state index in [1.807, 2.05) is 19.9 Å². The van der Waals surface area contributed by atoms with Crippen molar-refractivity contribution in [1.29, 1.82) is 5.26 Å². The van der Waals surface area contributed by atoms with Crippen molar-refractivity contribution in [3.63, 3.8) is 0 Å². The quantitative estimate of drug-likeness (QED) is 0.695. The summed E-state index contributed by atoms with van der Waals surface area (Å²) in [6.45, 7) is 5.36. The Morgan fingerprint density at radius 2 is 1.79 bits per heavy atom. The van der Waals surface area contributed by atoms with E-state index in [1.165, 1.54) is 0 Å². The van der Waals surface area contributed by atoms with Crippen molar-refractivity contribution >= 4 is 7.60 Å². The smallest absolute Gasteiger partial charge is 0.323 e. The third kappa shape index (κ3) is 2.17. The largest absolute Gasteiger partial charge is 0.345 e. The van der Waals surface area contributed by atoms with Crippen LogP contribution in [0, 0.1) is 17.2 Å². The van der Waals surface area contributed by atoms with Gasteiger partial charge in [-0.05, 0) is 12.3 Å². The molecule has 1 unspecified atom stereocenters. The first-order valence-electron chi connectivity index (χ1n) is 4.86. The molecular weight excluding hydrogens is 201 g/mol. The molecule has 5 heteroatoms. The molecule has 0 aliphatic heterocycles. The van der Waals surface area contributed by atoms with Crippen molar-refractivity contribution in [3.8, 4) is 6.07 Å².